The van der Waals surface area contributed by atoms with E-state index in [0.717, 1.165) is 32.4 Å². The minimum Gasteiger partial charge on any atom is -0.384 e. The molecular formula is C18H28ClN3O4S. The van der Waals surface area contributed by atoms with Gasteiger partial charge in [-0.2, -0.15) is 0 Å². The standard InChI is InChI=1S/C18H27N3O4S.ClH/c1-25-13-14-7-10-21(12-14)18(22)15-3-2-4-17(11-15)26(23,24)20-16-5-8-19-9-6-16;/h2-4,11,14,16,19-20H,5-10,12-13H2,1H3;1H. The maximum Gasteiger partial charge on any atom is 0.253 e. The van der Waals surface area contributed by atoms with E-state index in [1.165, 1.54) is 12.1 Å². The molecule has 1 unspecified atom stereocenters. The van der Waals surface area contributed by atoms with Crippen LogP contribution in [0.1, 0.15) is 29.6 Å². The summed E-state index contributed by atoms with van der Waals surface area (Å²) in [6, 6.07) is 6.27. The van der Waals surface area contributed by atoms with E-state index in [1.807, 2.05) is 0 Å². The summed E-state index contributed by atoms with van der Waals surface area (Å²) in [4.78, 5) is 14.6. The smallest absolute Gasteiger partial charge is 0.253 e. The largest absolute Gasteiger partial charge is 0.384 e. The van der Waals surface area contributed by atoms with Gasteiger partial charge in [-0.1, -0.05) is 6.07 Å². The molecule has 27 heavy (non-hydrogen) atoms. The van der Waals surface area contributed by atoms with Crippen molar-refractivity contribution in [2.45, 2.75) is 30.2 Å². The summed E-state index contributed by atoms with van der Waals surface area (Å²) in [5.74, 6) is 0.222. The summed E-state index contributed by atoms with van der Waals surface area (Å²) in [6.07, 6.45) is 2.45. The molecule has 3 rings (SSSR count). The Kier molecular flexibility index (Phi) is 8.05. The minimum absolute atomic E-state index is 0. The van der Waals surface area contributed by atoms with E-state index in [1.54, 1.807) is 24.1 Å². The number of methoxy groups -OCH3 is 1. The van der Waals surface area contributed by atoms with E-state index < -0.39 is 10.0 Å². The zero-order chi connectivity index (χ0) is 18.6. The second-order valence-electron chi connectivity index (χ2n) is 7.03. The summed E-state index contributed by atoms with van der Waals surface area (Å²) in [5, 5.41) is 3.21. The van der Waals surface area contributed by atoms with Gasteiger partial charge in [0, 0.05) is 37.7 Å². The number of nitrogens with zero attached hydrogens (tertiary/aromatic N) is 1. The molecule has 1 atom stereocenters. The summed E-state index contributed by atoms with van der Waals surface area (Å²) < 4.78 is 33.2. The van der Waals surface area contributed by atoms with Gasteiger partial charge in [-0.05, 0) is 50.6 Å². The first kappa shape index (κ1) is 22.1. The monoisotopic (exact) mass is 417 g/mol. The van der Waals surface area contributed by atoms with Crippen molar-refractivity contribution in [3.63, 3.8) is 0 Å². The molecule has 0 spiro atoms. The zero-order valence-electron chi connectivity index (χ0n) is 15.5. The van der Waals surface area contributed by atoms with Crippen LogP contribution < -0.4 is 10.0 Å². The van der Waals surface area contributed by atoms with Crippen LogP contribution in [0.25, 0.3) is 0 Å². The molecule has 7 nitrogen and oxygen atoms in total. The zero-order valence-corrected chi connectivity index (χ0v) is 17.2. The van der Waals surface area contributed by atoms with Crippen molar-refractivity contribution in [1.29, 1.82) is 0 Å². The van der Waals surface area contributed by atoms with Gasteiger partial charge in [-0.3, -0.25) is 4.79 Å². The second-order valence-corrected chi connectivity index (χ2v) is 8.75. The fraction of sp³-hybridized carbons (Fsp3) is 0.611. The molecule has 152 valence electrons. The van der Waals surface area contributed by atoms with Gasteiger partial charge < -0.3 is 15.0 Å². The van der Waals surface area contributed by atoms with E-state index in [2.05, 4.69) is 10.0 Å². The van der Waals surface area contributed by atoms with Crippen LogP contribution in [0.4, 0.5) is 0 Å². The highest BCUT2D eigenvalue weighted by molar-refractivity contribution is 7.89. The lowest BCUT2D eigenvalue weighted by Gasteiger charge is -2.23. The number of rotatable bonds is 6. The number of nitrogens with one attached hydrogen (secondary N) is 2. The number of amides is 1. The number of ether oxygens (including phenoxy) is 1. The van der Waals surface area contributed by atoms with Gasteiger partial charge >= 0.3 is 0 Å². The highest BCUT2D eigenvalue weighted by atomic mass is 35.5. The Morgan fingerprint density at radius 3 is 2.74 bits per heavy atom. The number of likely N-dealkylation sites (tertiary alicyclic amines) is 1. The third-order valence-electron chi connectivity index (χ3n) is 5.03. The van der Waals surface area contributed by atoms with Crippen LogP contribution in [-0.2, 0) is 14.8 Å². The Labute approximate surface area is 167 Å². The van der Waals surface area contributed by atoms with Crippen LogP contribution in [-0.4, -0.2) is 65.2 Å². The molecule has 1 amide bonds. The number of hydrogen-bond donors (Lipinski definition) is 2. The van der Waals surface area contributed by atoms with Gasteiger partial charge in [0.1, 0.15) is 0 Å². The fourth-order valence-electron chi connectivity index (χ4n) is 3.59. The van der Waals surface area contributed by atoms with Gasteiger partial charge in [-0.15, -0.1) is 12.4 Å². The molecule has 0 radical (unpaired) electrons. The number of sulfonamides is 1. The quantitative estimate of drug-likeness (QED) is 0.727. The molecule has 2 N–H and O–H groups in total. The number of piperidine rings is 1. The van der Waals surface area contributed by atoms with Crippen molar-refractivity contribution in [3.8, 4) is 0 Å². The first-order chi connectivity index (χ1) is 12.5. The molecular weight excluding hydrogens is 390 g/mol. The predicted molar refractivity (Wildman–Crippen MR) is 106 cm³/mol. The first-order valence-electron chi connectivity index (χ1n) is 9.11. The number of carbonyl (C=O) groups is 1. The first-order valence-corrected chi connectivity index (χ1v) is 10.6. The molecule has 0 aliphatic carbocycles. The van der Waals surface area contributed by atoms with Crippen LogP contribution >= 0.6 is 12.4 Å². The highest BCUT2D eigenvalue weighted by Gasteiger charge is 2.28. The summed E-state index contributed by atoms with van der Waals surface area (Å²) in [6.45, 7) is 3.58. The Morgan fingerprint density at radius 2 is 2.04 bits per heavy atom. The Hall–Kier alpha value is -1.19. The van der Waals surface area contributed by atoms with E-state index >= 15 is 0 Å². The minimum atomic E-state index is -3.63. The lowest BCUT2D eigenvalue weighted by Crippen LogP contribution is -2.42. The van der Waals surface area contributed by atoms with Gasteiger partial charge in [0.25, 0.3) is 5.91 Å². The summed E-state index contributed by atoms with van der Waals surface area (Å²) in [7, 11) is -1.97. The lowest BCUT2D eigenvalue weighted by molar-refractivity contribution is 0.0775. The maximum absolute atomic E-state index is 12.7. The molecule has 2 fully saturated rings. The molecule has 2 aliphatic rings. The molecule has 2 aliphatic heterocycles. The molecule has 1 aromatic rings. The molecule has 0 bridgehead atoms. The molecule has 9 heteroatoms. The normalized spacial score (nSPS) is 21.1. The third-order valence-corrected chi connectivity index (χ3v) is 6.55. The van der Waals surface area contributed by atoms with Crippen LogP contribution in [0.15, 0.2) is 29.2 Å². The Morgan fingerprint density at radius 1 is 1.30 bits per heavy atom. The number of benzene rings is 1. The molecule has 0 saturated carbocycles. The van der Waals surface area contributed by atoms with Crippen LogP contribution in [0.5, 0.6) is 0 Å². The maximum atomic E-state index is 12.7. The van der Waals surface area contributed by atoms with Crippen molar-refractivity contribution in [1.82, 2.24) is 14.9 Å². The topological polar surface area (TPSA) is 87.7 Å². The van der Waals surface area contributed by atoms with E-state index in [0.29, 0.717) is 31.2 Å². The van der Waals surface area contributed by atoms with E-state index in [-0.39, 0.29) is 29.3 Å². The Balaban J connectivity index is 0.00000261. The third kappa shape index (κ3) is 5.65. The van der Waals surface area contributed by atoms with Crippen LogP contribution in [0, 0.1) is 5.92 Å². The SMILES string of the molecule is COCC1CCN(C(=O)c2cccc(S(=O)(=O)NC3CCNCC3)c2)C1.Cl. The van der Waals surface area contributed by atoms with E-state index in [9.17, 15) is 13.2 Å². The predicted octanol–water partition coefficient (Wildman–Crippen LogP) is 1.25. The van der Waals surface area contributed by atoms with Gasteiger partial charge in [-0.25, -0.2) is 13.1 Å². The van der Waals surface area contributed by atoms with Crippen molar-refractivity contribution in [2.75, 3.05) is 39.9 Å². The number of halogens is 1. The van der Waals surface area contributed by atoms with E-state index in [4.69, 9.17) is 4.74 Å². The molecule has 2 saturated heterocycles. The molecule has 0 aromatic heterocycles. The highest BCUT2D eigenvalue weighted by Crippen LogP contribution is 2.21. The van der Waals surface area contributed by atoms with Crippen molar-refractivity contribution in [2.24, 2.45) is 5.92 Å². The van der Waals surface area contributed by atoms with Crippen LogP contribution in [0.3, 0.4) is 0 Å². The average Bonchev–Trinajstić information content (AvgIpc) is 3.11. The summed E-state index contributed by atoms with van der Waals surface area (Å²) in [5.41, 5.74) is 0.413. The average molecular weight is 418 g/mol. The number of hydrogen-bond acceptors (Lipinski definition) is 5. The number of carbonyl (C=O) groups excluding carboxylic acids is 1. The van der Waals surface area contributed by atoms with Crippen molar-refractivity contribution in [3.05, 3.63) is 29.8 Å². The molecule has 1 aromatic carbocycles. The lowest BCUT2D eigenvalue weighted by atomic mass is 10.1. The van der Waals surface area contributed by atoms with Crippen LogP contribution in [0.2, 0.25) is 0 Å². The Bertz CT molecular complexity index is 738. The van der Waals surface area contributed by atoms with Crippen molar-refractivity contribution < 1.29 is 17.9 Å². The molecule has 2 heterocycles. The summed E-state index contributed by atoms with van der Waals surface area (Å²) >= 11 is 0. The fourth-order valence-corrected chi connectivity index (χ4v) is 4.95. The van der Waals surface area contributed by atoms with Gasteiger partial charge in [0.05, 0.1) is 11.5 Å². The van der Waals surface area contributed by atoms with Crippen molar-refractivity contribution >= 4 is 28.3 Å². The van der Waals surface area contributed by atoms with Gasteiger partial charge in [0.15, 0.2) is 0 Å². The van der Waals surface area contributed by atoms with Gasteiger partial charge in [0.2, 0.25) is 10.0 Å². The second kappa shape index (κ2) is 9.84.